The van der Waals surface area contributed by atoms with Gasteiger partial charge in [-0.1, -0.05) is 0 Å². The summed E-state index contributed by atoms with van der Waals surface area (Å²) in [5, 5.41) is 2.40. The quantitative estimate of drug-likeness (QED) is 0.493. The molecule has 1 amide bonds. The lowest BCUT2D eigenvalue weighted by Crippen LogP contribution is -2.28. The van der Waals surface area contributed by atoms with Gasteiger partial charge in [0.05, 0.1) is 13.2 Å². The van der Waals surface area contributed by atoms with Crippen LogP contribution in [0.3, 0.4) is 0 Å². The molecule has 0 radical (unpaired) electrons. The Bertz CT molecular complexity index is 157. The van der Waals surface area contributed by atoms with Gasteiger partial charge in [-0.25, -0.2) is 4.79 Å². The summed E-state index contributed by atoms with van der Waals surface area (Å²) >= 11 is 0. The van der Waals surface area contributed by atoms with Gasteiger partial charge in [-0.15, -0.1) is 0 Å². The summed E-state index contributed by atoms with van der Waals surface area (Å²) in [5.74, 6) is -0.361. The Hall–Kier alpha value is -1.26. The minimum Gasteiger partial charge on any atom is -0.464 e. The minimum atomic E-state index is -0.496. The first-order chi connectivity index (χ1) is 5.66. The van der Waals surface area contributed by atoms with Crippen molar-refractivity contribution in [1.82, 2.24) is 5.32 Å². The molecule has 0 unspecified atom stereocenters. The first-order valence-electron chi connectivity index (χ1n) is 3.70. The van der Waals surface area contributed by atoms with Crippen molar-refractivity contribution in [3.8, 4) is 0 Å². The third-order valence-electron chi connectivity index (χ3n) is 0.952. The van der Waals surface area contributed by atoms with E-state index in [0.717, 1.165) is 0 Å². The molecular formula is C7H13NO4. The normalized spacial score (nSPS) is 8.83. The molecule has 0 rings (SSSR count). The van der Waals surface area contributed by atoms with Gasteiger partial charge in [-0.05, 0) is 6.92 Å². The highest BCUT2D eigenvalue weighted by molar-refractivity contribution is 5.67. The lowest BCUT2D eigenvalue weighted by molar-refractivity contribution is -0.140. The number of carbonyl (C=O) groups is 2. The molecule has 0 fully saturated rings. The zero-order valence-corrected chi connectivity index (χ0v) is 7.25. The molecule has 0 saturated carbocycles. The van der Waals surface area contributed by atoms with E-state index < -0.39 is 6.09 Å². The Morgan fingerprint density at radius 2 is 2.00 bits per heavy atom. The number of hydrogen-bond donors (Lipinski definition) is 1. The van der Waals surface area contributed by atoms with E-state index in [2.05, 4.69) is 14.8 Å². The van der Waals surface area contributed by atoms with Crippen molar-refractivity contribution in [2.75, 3.05) is 19.8 Å². The Balaban J connectivity index is 3.19. The van der Waals surface area contributed by atoms with Crippen molar-refractivity contribution in [3.05, 3.63) is 0 Å². The second kappa shape index (κ2) is 6.45. The number of hydrogen-bond acceptors (Lipinski definition) is 4. The first kappa shape index (κ1) is 10.7. The van der Waals surface area contributed by atoms with E-state index in [1.54, 1.807) is 6.92 Å². The molecule has 0 saturated heterocycles. The molecule has 0 bridgehead atoms. The Kier molecular flexibility index (Phi) is 5.77. The fourth-order valence-corrected chi connectivity index (χ4v) is 0.530. The highest BCUT2D eigenvalue weighted by atomic mass is 16.6. The summed E-state index contributed by atoms with van der Waals surface area (Å²) in [4.78, 5) is 20.9. The molecule has 0 aromatic carbocycles. The molecule has 70 valence electrons. The number of carbonyl (C=O) groups excluding carboxylic acids is 2. The van der Waals surface area contributed by atoms with Gasteiger partial charge in [-0.3, -0.25) is 4.79 Å². The van der Waals surface area contributed by atoms with Crippen molar-refractivity contribution < 1.29 is 19.1 Å². The van der Waals surface area contributed by atoms with Crippen molar-refractivity contribution in [2.24, 2.45) is 0 Å². The Labute approximate surface area is 71.0 Å². The number of alkyl carbamates (subject to hydrolysis) is 1. The predicted octanol–water partition coefficient (Wildman–Crippen LogP) is 0.296. The van der Waals surface area contributed by atoms with E-state index in [1.165, 1.54) is 6.92 Å². The zero-order chi connectivity index (χ0) is 9.40. The van der Waals surface area contributed by atoms with Gasteiger partial charge in [-0.2, -0.15) is 0 Å². The highest BCUT2D eigenvalue weighted by Crippen LogP contribution is 1.77. The monoisotopic (exact) mass is 175 g/mol. The third-order valence-corrected chi connectivity index (χ3v) is 0.952. The van der Waals surface area contributed by atoms with Crippen molar-refractivity contribution in [2.45, 2.75) is 13.8 Å². The van der Waals surface area contributed by atoms with Gasteiger partial charge in [0, 0.05) is 6.92 Å². The van der Waals surface area contributed by atoms with Crippen LogP contribution in [0.15, 0.2) is 0 Å². The standard InChI is InChI=1S/C7H13NO4/c1-3-11-7(10)8-4-5-12-6(2)9/h3-5H2,1-2H3,(H,8,10). The second-order valence-electron chi connectivity index (χ2n) is 1.99. The van der Waals surface area contributed by atoms with Gasteiger partial charge >= 0.3 is 12.1 Å². The van der Waals surface area contributed by atoms with E-state index in [1.807, 2.05) is 0 Å². The number of nitrogens with one attached hydrogen (secondary N) is 1. The molecule has 1 N–H and O–H groups in total. The van der Waals surface area contributed by atoms with Crippen LogP contribution in [0.2, 0.25) is 0 Å². The van der Waals surface area contributed by atoms with Crippen LogP contribution in [-0.2, 0) is 14.3 Å². The summed E-state index contributed by atoms with van der Waals surface area (Å²) < 4.78 is 9.12. The lowest BCUT2D eigenvalue weighted by Gasteiger charge is -2.04. The maximum absolute atomic E-state index is 10.6. The van der Waals surface area contributed by atoms with E-state index in [4.69, 9.17) is 0 Å². The fourth-order valence-electron chi connectivity index (χ4n) is 0.530. The molecule has 0 aliphatic carbocycles. The maximum Gasteiger partial charge on any atom is 0.407 e. The highest BCUT2D eigenvalue weighted by Gasteiger charge is 1.98. The molecule has 5 heteroatoms. The zero-order valence-electron chi connectivity index (χ0n) is 7.25. The van der Waals surface area contributed by atoms with Crippen LogP contribution in [-0.4, -0.2) is 31.8 Å². The SMILES string of the molecule is CCOC(=O)NCCOC(C)=O. The fraction of sp³-hybridized carbons (Fsp3) is 0.714. The average Bonchev–Trinajstić information content (AvgIpc) is 1.98. The van der Waals surface area contributed by atoms with Gasteiger partial charge in [0.2, 0.25) is 0 Å². The lowest BCUT2D eigenvalue weighted by atomic mass is 10.7. The molecule has 12 heavy (non-hydrogen) atoms. The number of amides is 1. The molecule has 0 aliphatic heterocycles. The van der Waals surface area contributed by atoms with Crippen molar-refractivity contribution in [3.63, 3.8) is 0 Å². The first-order valence-corrected chi connectivity index (χ1v) is 3.70. The van der Waals surface area contributed by atoms with Crippen molar-refractivity contribution in [1.29, 1.82) is 0 Å². The Morgan fingerprint density at radius 3 is 2.50 bits per heavy atom. The number of esters is 1. The summed E-state index contributed by atoms with van der Waals surface area (Å²) in [6.45, 7) is 3.81. The molecule has 0 aromatic rings. The Morgan fingerprint density at radius 1 is 1.33 bits per heavy atom. The predicted molar refractivity (Wildman–Crippen MR) is 41.7 cm³/mol. The summed E-state index contributed by atoms with van der Waals surface area (Å²) in [6, 6.07) is 0. The molecule has 0 atom stereocenters. The van der Waals surface area contributed by atoms with Crippen LogP contribution in [0.1, 0.15) is 13.8 Å². The molecule has 5 nitrogen and oxygen atoms in total. The molecular weight excluding hydrogens is 162 g/mol. The minimum absolute atomic E-state index is 0.175. The van der Waals surface area contributed by atoms with Gasteiger partial charge < -0.3 is 14.8 Å². The van der Waals surface area contributed by atoms with Gasteiger partial charge in [0.1, 0.15) is 6.61 Å². The van der Waals surface area contributed by atoms with Crippen molar-refractivity contribution >= 4 is 12.1 Å². The van der Waals surface area contributed by atoms with E-state index in [-0.39, 0.29) is 19.1 Å². The van der Waals surface area contributed by atoms with Gasteiger partial charge in [0.25, 0.3) is 0 Å². The molecule has 0 spiro atoms. The van der Waals surface area contributed by atoms with Crippen LogP contribution in [0.5, 0.6) is 0 Å². The van der Waals surface area contributed by atoms with E-state index in [0.29, 0.717) is 6.61 Å². The summed E-state index contributed by atoms with van der Waals surface area (Å²) in [6.07, 6.45) is -0.496. The molecule has 0 aliphatic rings. The second-order valence-corrected chi connectivity index (χ2v) is 1.99. The van der Waals surface area contributed by atoms with Gasteiger partial charge in [0.15, 0.2) is 0 Å². The molecule has 0 heterocycles. The van der Waals surface area contributed by atoms with Crippen LogP contribution >= 0.6 is 0 Å². The van der Waals surface area contributed by atoms with Crippen LogP contribution in [0.4, 0.5) is 4.79 Å². The molecule has 0 aromatic heterocycles. The van der Waals surface area contributed by atoms with Crippen LogP contribution in [0, 0.1) is 0 Å². The third kappa shape index (κ3) is 6.85. The topological polar surface area (TPSA) is 64.6 Å². The number of ether oxygens (including phenoxy) is 2. The maximum atomic E-state index is 10.6. The largest absolute Gasteiger partial charge is 0.464 e. The summed E-state index contributed by atoms with van der Waals surface area (Å²) in [7, 11) is 0. The van der Waals surface area contributed by atoms with Crippen LogP contribution < -0.4 is 5.32 Å². The summed E-state index contributed by atoms with van der Waals surface area (Å²) in [5.41, 5.74) is 0. The number of rotatable bonds is 4. The average molecular weight is 175 g/mol. The van der Waals surface area contributed by atoms with E-state index >= 15 is 0 Å². The smallest absolute Gasteiger partial charge is 0.407 e. The van der Waals surface area contributed by atoms with Crippen LogP contribution in [0.25, 0.3) is 0 Å². The van der Waals surface area contributed by atoms with E-state index in [9.17, 15) is 9.59 Å².